The van der Waals surface area contributed by atoms with Crippen LogP contribution in [-0.4, -0.2) is 33.5 Å². The maximum atomic E-state index is 12.7. The Labute approximate surface area is 128 Å². The highest BCUT2D eigenvalue weighted by Gasteiger charge is 2.37. The molecule has 2 amide bonds. The lowest BCUT2D eigenvalue weighted by Gasteiger charge is -2.29. The summed E-state index contributed by atoms with van der Waals surface area (Å²) in [7, 11) is -0.385. The molecule has 1 aromatic carbocycles. The molecule has 3 rings (SSSR count). The number of carbonyl (C=O) groups is 1. The summed E-state index contributed by atoms with van der Waals surface area (Å²) in [4.78, 5) is 18.2. The van der Waals surface area contributed by atoms with Gasteiger partial charge >= 0.3 is 6.03 Å². The van der Waals surface area contributed by atoms with Crippen molar-refractivity contribution in [2.45, 2.75) is 4.90 Å². The Morgan fingerprint density at radius 3 is 2.64 bits per heavy atom. The lowest BCUT2D eigenvalue weighted by Crippen LogP contribution is -2.44. The van der Waals surface area contributed by atoms with Crippen LogP contribution in [0.25, 0.3) is 0 Å². The molecule has 0 unspecified atom stereocenters. The summed E-state index contributed by atoms with van der Waals surface area (Å²) in [5.41, 5.74) is 0.524. The van der Waals surface area contributed by atoms with Gasteiger partial charge in [0.25, 0.3) is 10.0 Å². The zero-order chi connectivity index (χ0) is 15.9. The number of para-hydroxylation sites is 1. The Bertz CT molecular complexity index is 849. The van der Waals surface area contributed by atoms with Crippen molar-refractivity contribution < 1.29 is 13.2 Å². The average molecular weight is 318 g/mol. The van der Waals surface area contributed by atoms with Crippen LogP contribution in [0.3, 0.4) is 0 Å². The third kappa shape index (κ3) is 2.17. The van der Waals surface area contributed by atoms with Gasteiger partial charge in [-0.05, 0) is 18.2 Å². The largest absolute Gasteiger partial charge is 0.363 e. The molecule has 114 valence electrons. The van der Waals surface area contributed by atoms with Gasteiger partial charge in [0.15, 0.2) is 0 Å². The first kappa shape index (κ1) is 14.3. The first-order valence-corrected chi connectivity index (χ1v) is 7.94. The summed E-state index contributed by atoms with van der Waals surface area (Å²) in [6.45, 7) is 0. The summed E-state index contributed by atoms with van der Waals surface area (Å²) in [6, 6.07) is 8.62. The molecule has 0 saturated carbocycles. The average Bonchev–Trinajstić information content (AvgIpc) is 2.47. The van der Waals surface area contributed by atoms with Gasteiger partial charge in [0.2, 0.25) is 0 Å². The van der Waals surface area contributed by atoms with Gasteiger partial charge in [0.1, 0.15) is 10.7 Å². The molecule has 0 saturated heterocycles. The number of anilines is 3. The maximum Gasteiger partial charge on any atom is 0.340 e. The third-order valence-electron chi connectivity index (χ3n) is 3.25. The monoisotopic (exact) mass is 318 g/mol. The van der Waals surface area contributed by atoms with E-state index in [1.807, 2.05) is 0 Å². The van der Waals surface area contributed by atoms with E-state index in [2.05, 4.69) is 10.3 Å². The SMILES string of the molecule is CN(C)c1cc(N2C(=O)Nc3ccccc3S2(=O)=O)ccn1. The Kier molecular flexibility index (Phi) is 3.25. The Balaban J connectivity index is 2.16. The van der Waals surface area contributed by atoms with Crippen LogP contribution in [0.4, 0.5) is 22.0 Å². The molecule has 2 aromatic rings. The summed E-state index contributed by atoms with van der Waals surface area (Å²) in [5, 5.41) is 2.59. The second-order valence-corrected chi connectivity index (χ2v) is 6.72. The second-order valence-electron chi connectivity index (χ2n) is 4.96. The van der Waals surface area contributed by atoms with Crippen molar-refractivity contribution in [1.82, 2.24) is 4.98 Å². The van der Waals surface area contributed by atoms with E-state index in [1.54, 1.807) is 43.3 Å². The fraction of sp³-hybridized carbons (Fsp3) is 0.143. The first-order valence-electron chi connectivity index (χ1n) is 6.50. The van der Waals surface area contributed by atoms with Gasteiger partial charge in [-0.2, -0.15) is 4.31 Å². The van der Waals surface area contributed by atoms with Crippen LogP contribution in [0, 0.1) is 0 Å². The number of pyridine rings is 1. The van der Waals surface area contributed by atoms with Crippen molar-refractivity contribution in [3.05, 3.63) is 42.6 Å². The number of nitrogens with zero attached hydrogens (tertiary/aromatic N) is 3. The molecule has 1 aromatic heterocycles. The lowest BCUT2D eigenvalue weighted by atomic mass is 10.3. The zero-order valence-electron chi connectivity index (χ0n) is 12.0. The van der Waals surface area contributed by atoms with E-state index in [-0.39, 0.29) is 16.3 Å². The smallest absolute Gasteiger partial charge is 0.340 e. The number of nitrogens with one attached hydrogen (secondary N) is 1. The van der Waals surface area contributed by atoms with Crippen molar-refractivity contribution >= 4 is 33.2 Å². The number of rotatable bonds is 2. The number of sulfonamides is 1. The van der Waals surface area contributed by atoms with E-state index in [0.717, 1.165) is 4.31 Å². The van der Waals surface area contributed by atoms with E-state index in [1.165, 1.54) is 18.3 Å². The molecule has 7 nitrogen and oxygen atoms in total. The molecule has 0 bridgehead atoms. The number of urea groups is 1. The van der Waals surface area contributed by atoms with Crippen molar-refractivity contribution in [2.24, 2.45) is 0 Å². The number of aromatic nitrogens is 1. The van der Waals surface area contributed by atoms with E-state index in [4.69, 9.17) is 0 Å². The van der Waals surface area contributed by atoms with Gasteiger partial charge in [-0.1, -0.05) is 12.1 Å². The van der Waals surface area contributed by atoms with E-state index < -0.39 is 16.1 Å². The quantitative estimate of drug-likeness (QED) is 0.914. The highest BCUT2D eigenvalue weighted by Crippen LogP contribution is 2.33. The molecule has 22 heavy (non-hydrogen) atoms. The van der Waals surface area contributed by atoms with Crippen LogP contribution in [0.1, 0.15) is 0 Å². The van der Waals surface area contributed by atoms with Crippen molar-refractivity contribution in [1.29, 1.82) is 0 Å². The fourth-order valence-corrected chi connectivity index (χ4v) is 3.70. The van der Waals surface area contributed by atoms with Crippen LogP contribution in [-0.2, 0) is 10.0 Å². The highest BCUT2D eigenvalue weighted by molar-refractivity contribution is 7.94. The van der Waals surface area contributed by atoms with Crippen molar-refractivity contribution in [3.63, 3.8) is 0 Å². The van der Waals surface area contributed by atoms with E-state index in [0.29, 0.717) is 5.82 Å². The Morgan fingerprint density at radius 1 is 1.18 bits per heavy atom. The summed E-state index contributed by atoms with van der Waals surface area (Å²) in [6.07, 6.45) is 1.47. The molecule has 0 atom stereocenters. The molecule has 0 spiro atoms. The molecule has 8 heteroatoms. The van der Waals surface area contributed by atoms with Gasteiger partial charge in [0, 0.05) is 26.4 Å². The van der Waals surface area contributed by atoms with Gasteiger partial charge in [-0.3, -0.25) is 0 Å². The molecule has 1 aliphatic rings. The molecule has 0 radical (unpaired) electrons. The highest BCUT2D eigenvalue weighted by atomic mass is 32.2. The van der Waals surface area contributed by atoms with Crippen molar-refractivity contribution in [3.8, 4) is 0 Å². The number of benzene rings is 1. The number of hydrogen-bond donors (Lipinski definition) is 1. The van der Waals surface area contributed by atoms with Gasteiger partial charge in [-0.25, -0.2) is 18.2 Å². The minimum absolute atomic E-state index is 0.0674. The zero-order valence-corrected chi connectivity index (χ0v) is 12.8. The molecule has 1 N–H and O–H groups in total. The summed E-state index contributed by atoms with van der Waals surface area (Å²) < 4.78 is 26.2. The normalized spacial score (nSPS) is 15.9. The summed E-state index contributed by atoms with van der Waals surface area (Å²) >= 11 is 0. The lowest BCUT2D eigenvalue weighted by molar-refractivity contribution is 0.259. The van der Waals surface area contributed by atoms with Crippen LogP contribution >= 0.6 is 0 Å². The topological polar surface area (TPSA) is 82.6 Å². The van der Waals surface area contributed by atoms with Gasteiger partial charge in [0.05, 0.1) is 11.4 Å². The van der Waals surface area contributed by atoms with Crippen LogP contribution in [0.2, 0.25) is 0 Å². The van der Waals surface area contributed by atoms with E-state index in [9.17, 15) is 13.2 Å². The van der Waals surface area contributed by atoms with Gasteiger partial charge < -0.3 is 10.2 Å². The summed E-state index contributed by atoms with van der Waals surface area (Å²) in [5.74, 6) is 0.555. The van der Waals surface area contributed by atoms with Crippen molar-refractivity contribution in [2.75, 3.05) is 28.6 Å². The number of amides is 2. The maximum absolute atomic E-state index is 12.7. The number of fused-ring (bicyclic) bond motifs is 1. The predicted octanol–water partition coefficient (Wildman–Crippen LogP) is 1.89. The predicted molar refractivity (Wildman–Crippen MR) is 83.7 cm³/mol. The number of hydrogen-bond acceptors (Lipinski definition) is 5. The number of carbonyl (C=O) groups excluding carboxylic acids is 1. The molecule has 1 aliphatic heterocycles. The molecule has 0 fully saturated rings. The molecule has 2 heterocycles. The Morgan fingerprint density at radius 2 is 1.91 bits per heavy atom. The molecule has 0 aliphatic carbocycles. The standard InChI is InChI=1S/C14H14N4O3S/c1-17(2)13-9-10(7-8-15-13)18-14(19)16-11-5-3-4-6-12(11)22(18,20)21/h3-9H,1-2H3,(H,16,19). The van der Waals surface area contributed by atoms with Crippen LogP contribution < -0.4 is 14.5 Å². The third-order valence-corrected chi connectivity index (χ3v) is 5.02. The molecular formula is C14H14N4O3S. The molecular weight excluding hydrogens is 304 g/mol. The second kappa shape index (κ2) is 4.99. The minimum Gasteiger partial charge on any atom is -0.363 e. The van der Waals surface area contributed by atoms with E-state index >= 15 is 0 Å². The van der Waals surface area contributed by atoms with Crippen LogP contribution in [0.5, 0.6) is 0 Å². The van der Waals surface area contributed by atoms with Crippen LogP contribution in [0.15, 0.2) is 47.5 Å². The first-order chi connectivity index (χ1) is 10.4. The van der Waals surface area contributed by atoms with Gasteiger partial charge in [-0.15, -0.1) is 0 Å². The minimum atomic E-state index is -3.95. The fourth-order valence-electron chi connectivity index (χ4n) is 2.20. The Hall–Kier alpha value is -2.61.